The Hall–Kier alpha value is -3.43. The first-order valence-electron chi connectivity index (χ1n) is 14.7. The summed E-state index contributed by atoms with van der Waals surface area (Å²) in [6, 6.07) is 6.57. The number of rotatable bonds is 8. The van der Waals surface area contributed by atoms with Gasteiger partial charge in [0.15, 0.2) is 6.10 Å². The number of cyclic esters (lactones) is 1. The van der Waals surface area contributed by atoms with Crippen LogP contribution in [0, 0.1) is 17.8 Å². The quantitative estimate of drug-likeness (QED) is 0.410. The van der Waals surface area contributed by atoms with E-state index in [1.54, 1.807) is 0 Å². The molecule has 1 fully saturated rings. The summed E-state index contributed by atoms with van der Waals surface area (Å²) in [6.45, 7) is 11.6. The largest absolute Gasteiger partial charge is 0.451 e. The number of hydrogen-bond acceptors (Lipinski definition) is 6. The molecule has 1 heterocycles. The number of likely N-dealkylation sites (N-methyl/N-ethyl adjacent to an activating group) is 1. The van der Waals surface area contributed by atoms with Crippen LogP contribution in [0.25, 0.3) is 0 Å². The fraction of sp³-hybridized carbons (Fsp3) is 0.645. The Morgan fingerprint density at radius 2 is 1.39 bits per heavy atom. The maximum Gasteiger partial charge on any atom is 0.329 e. The minimum Gasteiger partial charge on any atom is -0.451 e. The summed E-state index contributed by atoms with van der Waals surface area (Å²) in [5, 5.41) is 8.32. The van der Waals surface area contributed by atoms with Crippen molar-refractivity contribution in [1.82, 2.24) is 20.9 Å². The summed E-state index contributed by atoms with van der Waals surface area (Å²) in [5.74, 6) is -2.38. The van der Waals surface area contributed by atoms with Crippen molar-refractivity contribution in [1.29, 1.82) is 0 Å². The van der Waals surface area contributed by atoms with E-state index in [0.29, 0.717) is 12.8 Å². The van der Waals surface area contributed by atoms with E-state index in [1.165, 1.54) is 11.9 Å². The molecule has 41 heavy (non-hydrogen) atoms. The van der Waals surface area contributed by atoms with Crippen LogP contribution in [0.1, 0.15) is 72.8 Å². The van der Waals surface area contributed by atoms with E-state index in [4.69, 9.17) is 4.74 Å². The van der Waals surface area contributed by atoms with Gasteiger partial charge in [0.25, 0.3) is 5.91 Å². The molecular formula is C31H48N4O6. The molecule has 2 rings (SSSR count). The molecular weight excluding hydrogens is 524 g/mol. The topological polar surface area (TPSA) is 134 Å². The smallest absolute Gasteiger partial charge is 0.329 e. The zero-order valence-electron chi connectivity index (χ0n) is 25.6. The summed E-state index contributed by atoms with van der Waals surface area (Å²) in [5.41, 5.74) is 0.855. The molecule has 3 unspecified atom stereocenters. The van der Waals surface area contributed by atoms with Crippen LogP contribution in [0.3, 0.4) is 0 Å². The Morgan fingerprint density at radius 3 is 1.98 bits per heavy atom. The number of benzene rings is 1. The summed E-state index contributed by atoms with van der Waals surface area (Å²) in [7, 11) is 1.52. The van der Waals surface area contributed by atoms with Crippen LogP contribution in [0.5, 0.6) is 0 Å². The fourth-order valence-electron chi connectivity index (χ4n) is 4.82. The van der Waals surface area contributed by atoms with Crippen LogP contribution in [0.15, 0.2) is 30.3 Å². The molecule has 1 aromatic rings. The zero-order chi connectivity index (χ0) is 30.7. The third-order valence-electron chi connectivity index (χ3n) is 6.93. The van der Waals surface area contributed by atoms with E-state index in [0.717, 1.165) is 5.56 Å². The molecule has 0 aromatic heterocycles. The summed E-state index contributed by atoms with van der Waals surface area (Å²) in [4.78, 5) is 68.1. The highest BCUT2D eigenvalue weighted by molar-refractivity contribution is 5.93. The number of nitrogens with one attached hydrogen (secondary N) is 3. The third kappa shape index (κ3) is 11.2. The average Bonchev–Trinajstić information content (AvgIpc) is 2.88. The maximum atomic E-state index is 13.8. The Balaban J connectivity index is 2.49. The van der Waals surface area contributed by atoms with Crippen molar-refractivity contribution in [3.63, 3.8) is 0 Å². The molecule has 0 aliphatic carbocycles. The zero-order valence-corrected chi connectivity index (χ0v) is 25.6. The summed E-state index contributed by atoms with van der Waals surface area (Å²) >= 11 is 0. The van der Waals surface area contributed by atoms with Crippen molar-refractivity contribution in [2.45, 2.75) is 97.9 Å². The highest BCUT2D eigenvalue weighted by Gasteiger charge is 2.36. The van der Waals surface area contributed by atoms with Gasteiger partial charge in [0.1, 0.15) is 18.1 Å². The monoisotopic (exact) mass is 572 g/mol. The van der Waals surface area contributed by atoms with Gasteiger partial charge in [-0.05, 0) is 42.6 Å². The van der Waals surface area contributed by atoms with Gasteiger partial charge in [0.05, 0.1) is 0 Å². The van der Waals surface area contributed by atoms with Gasteiger partial charge in [-0.1, -0.05) is 71.9 Å². The van der Waals surface area contributed by atoms with Gasteiger partial charge >= 0.3 is 5.97 Å². The normalized spacial score (nSPS) is 23.9. The first kappa shape index (κ1) is 33.8. The second-order valence-corrected chi connectivity index (χ2v) is 12.2. The lowest BCUT2D eigenvalue weighted by molar-refractivity contribution is -0.165. The molecule has 228 valence electrons. The van der Waals surface area contributed by atoms with Gasteiger partial charge in [-0.2, -0.15) is 0 Å². The molecule has 0 radical (unpaired) electrons. The highest BCUT2D eigenvalue weighted by atomic mass is 16.5. The number of hydrogen-bond donors (Lipinski definition) is 3. The van der Waals surface area contributed by atoms with Crippen LogP contribution in [0.2, 0.25) is 0 Å². The molecule has 10 nitrogen and oxygen atoms in total. The minimum atomic E-state index is -1.13. The Morgan fingerprint density at radius 1 is 0.805 bits per heavy atom. The predicted octanol–water partition coefficient (Wildman–Crippen LogP) is 2.60. The SMILES string of the molecule is CC(C)CC1NC(=O)CCNC(=O)[C@H](Cc2ccccc2)N(C)C(=O)C(CC(C)C)OC(=O)C(CC(C)C)NC1=O. The van der Waals surface area contributed by atoms with Gasteiger partial charge in [-0.3, -0.25) is 19.2 Å². The van der Waals surface area contributed by atoms with Gasteiger partial charge in [0, 0.05) is 26.4 Å². The van der Waals surface area contributed by atoms with Crippen molar-refractivity contribution in [3.05, 3.63) is 35.9 Å². The van der Waals surface area contributed by atoms with Gasteiger partial charge in [-0.25, -0.2) is 4.79 Å². The van der Waals surface area contributed by atoms with E-state index in [1.807, 2.05) is 71.9 Å². The van der Waals surface area contributed by atoms with E-state index >= 15 is 0 Å². The molecule has 4 atom stereocenters. The van der Waals surface area contributed by atoms with E-state index in [-0.39, 0.29) is 43.6 Å². The Bertz CT molecular complexity index is 1040. The van der Waals surface area contributed by atoms with Crippen molar-refractivity contribution in [3.8, 4) is 0 Å². The molecule has 0 bridgehead atoms. The molecule has 3 N–H and O–H groups in total. The number of amides is 4. The lowest BCUT2D eigenvalue weighted by atomic mass is 9.99. The maximum absolute atomic E-state index is 13.8. The number of carbonyl (C=O) groups excluding carboxylic acids is 5. The van der Waals surface area contributed by atoms with Gasteiger partial charge < -0.3 is 25.6 Å². The van der Waals surface area contributed by atoms with E-state index in [2.05, 4.69) is 16.0 Å². The standard InChI is InChI=1S/C31H48N4O6/c1-19(2)15-23-28(37)34-24(16-20(3)4)31(40)41-26(17-21(5)6)30(39)35(7)25(18-22-11-9-8-10-12-22)29(38)32-14-13-27(36)33-23/h8-12,19-21,23-26H,13-18H2,1-7H3,(H,32,38)(H,33,36)(H,34,37)/t23?,24?,25-,26?/m0/s1. The fourth-order valence-corrected chi connectivity index (χ4v) is 4.82. The molecule has 4 amide bonds. The molecule has 1 aliphatic heterocycles. The molecule has 0 spiro atoms. The van der Waals surface area contributed by atoms with E-state index in [9.17, 15) is 24.0 Å². The lowest BCUT2D eigenvalue weighted by Crippen LogP contribution is -2.56. The molecule has 1 aliphatic rings. The molecule has 1 aromatic carbocycles. The van der Waals surface area contributed by atoms with E-state index < -0.39 is 53.8 Å². The van der Waals surface area contributed by atoms with Crippen LogP contribution in [0.4, 0.5) is 0 Å². The number of esters is 1. The summed E-state index contributed by atoms with van der Waals surface area (Å²) < 4.78 is 5.81. The van der Waals surface area contributed by atoms with Gasteiger partial charge in [0.2, 0.25) is 17.7 Å². The third-order valence-corrected chi connectivity index (χ3v) is 6.93. The number of nitrogens with zero attached hydrogens (tertiary/aromatic N) is 1. The molecule has 10 heteroatoms. The predicted molar refractivity (Wildman–Crippen MR) is 156 cm³/mol. The molecule has 1 saturated heterocycles. The van der Waals surface area contributed by atoms with Crippen molar-refractivity contribution >= 4 is 29.6 Å². The minimum absolute atomic E-state index is 0.0147. The highest BCUT2D eigenvalue weighted by Crippen LogP contribution is 2.18. The van der Waals surface area contributed by atoms with Crippen molar-refractivity contribution in [2.75, 3.05) is 13.6 Å². The second-order valence-electron chi connectivity index (χ2n) is 12.2. The Labute approximate surface area is 244 Å². The van der Waals surface area contributed by atoms with Gasteiger partial charge in [-0.15, -0.1) is 0 Å². The van der Waals surface area contributed by atoms with Crippen LogP contribution in [-0.2, 0) is 35.1 Å². The van der Waals surface area contributed by atoms with Crippen molar-refractivity contribution in [2.24, 2.45) is 17.8 Å². The van der Waals surface area contributed by atoms with Crippen molar-refractivity contribution < 1.29 is 28.7 Å². The first-order valence-corrected chi connectivity index (χ1v) is 14.7. The lowest BCUT2D eigenvalue weighted by Gasteiger charge is -2.32. The first-order chi connectivity index (χ1) is 19.3. The average molecular weight is 573 g/mol. The second kappa shape index (κ2) is 16.1. The molecule has 0 saturated carbocycles. The number of ether oxygens (including phenoxy) is 1. The van der Waals surface area contributed by atoms with Crippen LogP contribution >= 0.6 is 0 Å². The van der Waals surface area contributed by atoms with Crippen LogP contribution in [-0.4, -0.2) is 72.3 Å². The Kier molecular flexibility index (Phi) is 13.3. The van der Waals surface area contributed by atoms with Crippen LogP contribution < -0.4 is 16.0 Å². The number of carbonyl (C=O) groups is 5. The summed E-state index contributed by atoms with van der Waals surface area (Å²) in [6.07, 6.45) is -0.0220.